The summed E-state index contributed by atoms with van der Waals surface area (Å²) in [6.07, 6.45) is 2.47. The Morgan fingerprint density at radius 2 is 2.07 bits per heavy atom. The van der Waals surface area contributed by atoms with Gasteiger partial charge in [-0.25, -0.2) is 4.98 Å². The van der Waals surface area contributed by atoms with Crippen LogP contribution in [0, 0.1) is 5.92 Å². The standard InChI is InChI=1S/C20H25N5O2Si/c1-12-14(10-26)16(28(2,3)13-7-5-4-6-8-13)9-15(12)25-11-22-17-18(25)23-20(21)24-19(17)27/h4-8,11,14-16,26H,1,9-10H2,2-3H3,(H3,21,23,24,27). The Bertz CT molecular complexity index is 1090. The molecule has 3 atom stereocenters. The average Bonchev–Trinajstić information content (AvgIpc) is 3.23. The summed E-state index contributed by atoms with van der Waals surface area (Å²) in [5.74, 6) is 0.0702. The number of nitrogens with two attached hydrogens (primary N) is 1. The molecule has 1 aromatic carbocycles. The second-order valence-corrected chi connectivity index (χ2v) is 12.8. The molecule has 4 N–H and O–H groups in total. The molecule has 0 amide bonds. The minimum atomic E-state index is -1.88. The molecule has 4 rings (SSSR count). The predicted octanol–water partition coefficient (Wildman–Crippen LogP) is 1.80. The number of hydrogen-bond acceptors (Lipinski definition) is 5. The van der Waals surface area contributed by atoms with Crippen molar-refractivity contribution < 1.29 is 5.11 Å². The lowest BCUT2D eigenvalue weighted by molar-refractivity contribution is 0.248. The maximum Gasteiger partial charge on any atom is 0.280 e. The predicted molar refractivity (Wildman–Crippen MR) is 113 cm³/mol. The van der Waals surface area contributed by atoms with Crippen molar-refractivity contribution in [3.63, 3.8) is 0 Å². The summed E-state index contributed by atoms with van der Waals surface area (Å²) in [7, 11) is -1.88. The normalized spacial score (nSPS) is 22.8. The van der Waals surface area contributed by atoms with Gasteiger partial charge in [-0.15, -0.1) is 0 Å². The number of anilines is 1. The second kappa shape index (κ2) is 6.71. The van der Waals surface area contributed by atoms with Crippen molar-refractivity contribution in [1.82, 2.24) is 19.5 Å². The van der Waals surface area contributed by atoms with Crippen molar-refractivity contribution in [3.8, 4) is 0 Å². The fraction of sp³-hybridized carbons (Fsp3) is 0.350. The first-order valence-electron chi connectivity index (χ1n) is 9.42. The van der Waals surface area contributed by atoms with Crippen molar-refractivity contribution in [3.05, 3.63) is 59.2 Å². The Hall–Kier alpha value is -2.71. The average molecular weight is 396 g/mol. The third kappa shape index (κ3) is 2.80. The third-order valence-corrected chi connectivity index (χ3v) is 10.6. The van der Waals surface area contributed by atoms with Gasteiger partial charge in [0.15, 0.2) is 11.2 Å². The third-order valence-electron chi connectivity index (χ3n) is 6.30. The van der Waals surface area contributed by atoms with E-state index in [2.05, 4.69) is 58.9 Å². The van der Waals surface area contributed by atoms with Crippen molar-refractivity contribution in [1.29, 1.82) is 0 Å². The molecule has 1 aliphatic carbocycles. The van der Waals surface area contributed by atoms with Gasteiger partial charge >= 0.3 is 0 Å². The van der Waals surface area contributed by atoms with Crippen LogP contribution in [-0.2, 0) is 0 Å². The SMILES string of the molecule is C=C1C(CO)C([Si](C)(C)c2ccccc2)CC1n1cnc2c(=O)[nH]c(N)nc21. The molecule has 0 bridgehead atoms. The van der Waals surface area contributed by atoms with E-state index in [-0.39, 0.29) is 35.6 Å². The Balaban J connectivity index is 1.77. The zero-order valence-corrected chi connectivity index (χ0v) is 17.1. The van der Waals surface area contributed by atoms with Crippen LogP contribution in [0.2, 0.25) is 18.6 Å². The van der Waals surface area contributed by atoms with Crippen LogP contribution >= 0.6 is 0 Å². The first-order valence-corrected chi connectivity index (χ1v) is 12.5. The summed E-state index contributed by atoms with van der Waals surface area (Å²) < 4.78 is 1.89. The summed E-state index contributed by atoms with van der Waals surface area (Å²) in [5, 5.41) is 11.5. The number of aliphatic hydroxyl groups excluding tert-OH is 1. The number of fused-ring (bicyclic) bond motifs is 1. The molecule has 0 radical (unpaired) electrons. The number of aliphatic hydroxyl groups is 1. The van der Waals surface area contributed by atoms with Gasteiger partial charge in [-0.05, 0) is 17.5 Å². The van der Waals surface area contributed by atoms with Gasteiger partial charge in [0.05, 0.1) is 20.4 Å². The maximum absolute atomic E-state index is 12.1. The van der Waals surface area contributed by atoms with Crippen LogP contribution in [0.5, 0.6) is 0 Å². The summed E-state index contributed by atoms with van der Waals surface area (Å²) >= 11 is 0. The number of imidazole rings is 1. The number of H-pyrrole nitrogens is 1. The van der Waals surface area contributed by atoms with E-state index >= 15 is 0 Å². The fourth-order valence-corrected chi connectivity index (χ4v) is 8.27. The quantitative estimate of drug-likeness (QED) is 0.461. The molecule has 1 fully saturated rings. The zero-order chi connectivity index (χ0) is 20.1. The van der Waals surface area contributed by atoms with Crippen molar-refractivity contribution in [2.75, 3.05) is 12.3 Å². The molecule has 8 heteroatoms. The maximum atomic E-state index is 12.1. The zero-order valence-electron chi connectivity index (χ0n) is 16.1. The second-order valence-electron chi connectivity index (χ2n) is 8.08. The highest BCUT2D eigenvalue weighted by Crippen LogP contribution is 2.51. The van der Waals surface area contributed by atoms with Crippen LogP contribution in [0.3, 0.4) is 0 Å². The molecule has 2 heterocycles. The van der Waals surface area contributed by atoms with E-state index in [9.17, 15) is 9.90 Å². The van der Waals surface area contributed by atoms with E-state index in [4.69, 9.17) is 5.73 Å². The molecular formula is C20H25N5O2Si. The Kier molecular flexibility index (Phi) is 4.47. The number of rotatable bonds is 4. The molecule has 0 aliphatic heterocycles. The Morgan fingerprint density at radius 3 is 2.75 bits per heavy atom. The monoisotopic (exact) mass is 395 g/mol. The number of hydrogen-bond donors (Lipinski definition) is 3. The number of aromatic nitrogens is 4. The molecule has 0 spiro atoms. The molecule has 0 saturated heterocycles. The molecule has 2 aromatic heterocycles. The smallest absolute Gasteiger partial charge is 0.280 e. The summed E-state index contributed by atoms with van der Waals surface area (Å²) in [4.78, 5) is 23.2. The van der Waals surface area contributed by atoms with E-state index < -0.39 is 8.07 Å². The van der Waals surface area contributed by atoms with Gasteiger partial charge in [0.2, 0.25) is 5.95 Å². The molecule has 146 valence electrons. The first kappa shape index (κ1) is 18.6. The highest BCUT2D eigenvalue weighted by molar-refractivity contribution is 6.91. The Morgan fingerprint density at radius 1 is 1.36 bits per heavy atom. The summed E-state index contributed by atoms with van der Waals surface area (Å²) in [5.41, 5.74) is 7.41. The van der Waals surface area contributed by atoms with Crippen molar-refractivity contribution in [2.45, 2.75) is 31.1 Å². The van der Waals surface area contributed by atoms with Crippen molar-refractivity contribution in [2.24, 2.45) is 5.92 Å². The fourth-order valence-electron chi connectivity index (χ4n) is 4.65. The van der Waals surface area contributed by atoms with Crippen LogP contribution in [0.1, 0.15) is 12.5 Å². The molecule has 3 unspecified atom stereocenters. The van der Waals surface area contributed by atoms with Gasteiger partial charge in [0.25, 0.3) is 5.56 Å². The number of aromatic amines is 1. The van der Waals surface area contributed by atoms with E-state index in [0.29, 0.717) is 11.2 Å². The highest BCUT2D eigenvalue weighted by atomic mass is 28.3. The van der Waals surface area contributed by atoms with Gasteiger partial charge in [-0.1, -0.05) is 55.2 Å². The highest BCUT2D eigenvalue weighted by Gasteiger charge is 2.47. The number of nitrogen functional groups attached to an aromatic ring is 1. The van der Waals surface area contributed by atoms with Crippen LogP contribution in [-0.4, -0.2) is 39.3 Å². The number of nitrogens with one attached hydrogen (secondary N) is 1. The van der Waals surface area contributed by atoms with E-state index in [1.807, 2.05) is 10.6 Å². The molecular weight excluding hydrogens is 370 g/mol. The van der Waals surface area contributed by atoms with E-state index in [1.54, 1.807) is 6.33 Å². The van der Waals surface area contributed by atoms with E-state index in [1.165, 1.54) is 5.19 Å². The first-order chi connectivity index (χ1) is 13.3. The Labute approximate surface area is 164 Å². The summed E-state index contributed by atoms with van der Waals surface area (Å²) in [6, 6.07) is 10.5. The van der Waals surface area contributed by atoms with Gasteiger partial charge in [-0.3, -0.25) is 9.78 Å². The van der Waals surface area contributed by atoms with E-state index in [0.717, 1.165) is 12.0 Å². The largest absolute Gasteiger partial charge is 0.396 e. The van der Waals surface area contributed by atoms with Crippen LogP contribution in [0.4, 0.5) is 5.95 Å². The minimum absolute atomic E-state index is 0.00339. The minimum Gasteiger partial charge on any atom is -0.396 e. The van der Waals surface area contributed by atoms with Crippen LogP contribution in [0.15, 0.2) is 53.6 Å². The lowest BCUT2D eigenvalue weighted by atomic mass is 10.0. The van der Waals surface area contributed by atoms with Gasteiger partial charge < -0.3 is 15.4 Å². The topological polar surface area (TPSA) is 110 Å². The lowest BCUT2D eigenvalue weighted by Crippen LogP contribution is -2.47. The van der Waals surface area contributed by atoms with Gasteiger partial charge in [0, 0.05) is 12.5 Å². The van der Waals surface area contributed by atoms with Crippen LogP contribution in [0.25, 0.3) is 11.2 Å². The molecule has 1 aliphatic rings. The molecule has 7 nitrogen and oxygen atoms in total. The summed E-state index contributed by atoms with van der Waals surface area (Å²) in [6.45, 7) is 9.07. The van der Waals surface area contributed by atoms with Crippen molar-refractivity contribution >= 4 is 30.4 Å². The van der Waals surface area contributed by atoms with Gasteiger partial charge in [-0.2, -0.15) is 4.98 Å². The number of nitrogens with zero attached hydrogens (tertiary/aromatic N) is 3. The molecule has 1 saturated carbocycles. The molecule has 28 heavy (non-hydrogen) atoms. The van der Waals surface area contributed by atoms with Crippen LogP contribution < -0.4 is 16.5 Å². The van der Waals surface area contributed by atoms with Gasteiger partial charge in [0.1, 0.15) is 0 Å². The number of benzene rings is 1. The molecule has 3 aromatic rings. The lowest BCUT2D eigenvalue weighted by Gasteiger charge is -2.33.